The Morgan fingerprint density at radius 2 is 2.04 bits per heavy atom. The van der Waals surface area contributed by atoms with Crippen molar-refractivity contribution in [3.63, 3.8) is 0 Å². The number of carbonyl (C=O) groups is 2. The number of hydrogen-bond donors (Lipinski definition) is 2. The van der Waals surface area contributed by atoms with Gasteiger partial charge in [0.25, 0.3) is 0 Å². The van der Waals surface area contributed by atoms with Crippen molar-refractivity contribution in [2.75, 3.05) is 27.2 Å². The van der Waals surface area contributed by atoms with Gasteiger partial charge in [0.1, 0.15) is 17.1 Å². The van der Waals surface area contributed by atoms with E-state index in [0.29, 0.717) is 29.6 Å². The van der Waals surface area contributed by atoms with Crippen LogP contribution in [-0.2, 0) is 16.1 Å². The number of aliphatic imine (C=N–C) groups is 1. The summed E-state index contributed by atoms with van der Waals surface area (Å²) < 4.78 is 10.3. The zero-order valence-electron chi connectivity index (χ0n) is 15.6. The lowest BCUT2D eigenvalue weighted by molar-refractivity contribution is -0.129. The third-order valence-corrected chi connectivity index (χ3v) is 4.31. The molecular weight excluding hydrogens is 451 g/mol. The normalized spacial score (nSPS) is 15.2. The molecule has 0 radical (unpaired) electrons. The van der Waals surface area contributed by atoms with E-state index in [1.807, 2.05) is 4.90 Å². The second-order valence-electron chi connectivity index (χ2n) is 6.02. The van der Waals surface area contributed by atoms with Gasteiger partial charge in [0.15, 0.2) is 5.96 Å². The molecule has 1 aliphatic rings. The zero-order chi connectivity index (χ0) is 18.4. The Bertz CT molecular complexity index is 651. The van der Waals surface area contributed by atoms with Crippen LogP contribution in [0.2, 0.25) is 0 Å². The van der Waals surface area contributed by atoms with Gasteiger partial charge in [-0.3, -0.25) is 9.79 Å². The molecule has 0 aliphatic carbocycles. The van der Waals surface area contributed by atoms with E-state index in [1.54, 1.807) is 27.0 Å². The van der Waals surface area contributed by atoms with Crippen molar-refractivity contribution in [1.29, 1.82) is 0 Å². The maximum absolute atomic E-state index is 11.6. The molecule has 0 aromatic carbocycles. The van der Waals surface area contributed by atoms with Gasteiger partial charge in [-0.05, 0) is 25.8 Å². The third-order valence-electron chi connectivity index (χ3n) is 4.31. The van der Waals surface area contributed by atoms with Gasteiger partial charge in [-0.1, -0.05) is 0 Å². The van der Waals surface area contributed by atoms with Crippen LogP contribution in [-0.4, -0.2) is 56.0 Å². The van der Waals surface area contributed by atoms with E-state index in [2.05, 4.69) is 15.6 Å². The van der Waals surface area contributed by atoms with Crippen molar-refractivity contribution >= 4 is 41.8 Å². The molecule has 1 amide bonds. The number of amides is 1. The summed E-state index contributed by atoms with van der Waals surface area (Å²) >= 11 is 0. The van der Waals surface area contributed by atoms with Crippen LogP contribution in [0, 0.1) is 6.92 Å². The SMILES string of the molecule is CN=C(NCc1cc(C(=O)OC)c(C)o1)NC1CCN(C(C)=O)CC1.I. The third kappa shape index (κ3) is 5.89. The molecular formula is C17H27IN4O4. The molecule has 1 aromatic rings. The number of esters is 1. The number of halogens is 1. The van der Waals surface area contributed by atoms with Crippen molar-refractivity contribution in [2.45, 2.75) is 39.3 Å². The number of nitrogens with one attached hydrogen (secondary N) is 2. The smallest absolute Gasteiger partial charge is 0.341 e. The first kappa shape index (κ1) is 22.3. The van der Waals surface area contributed by atoms with Crippen molar-refractivity contribution in [3.8, 4) is 0 Å². The van der Waals surface area contributed by atoms with Crippen LogP contribution >= 0.6 is 24.0 Å². The molecule has 0 bridgehead atoms. The Labute approximate surface area is 170 Å². The monoisotopic (exact) mass is 478 g/mol. The molecule has 0 spiro atoms. The Kier molecular flexibility index (Phi) is 8.89. The highest BCUT2D eigenvalue weighted by Gasteiger charge is 2.21. The van der Waals surface area contributed by atoms with E-state index in [1.165, 1.54) is 7.11 Å². The van der Waals surface area contributed by atoms with Gasteiger partial charge in [-0.2, -0.15) is 0 Å². The largest absolute Gasteiger partial charge is 0.465 e. The lowest BCUT2D eigenvalue weighted by Gasteiger charge is -2.32. The van der Waals surface area contributed by atoms with Gasteiger partial charge in [0.05, 0.1) is 13.7 Å². The molecule has 1 aromatic heterocycles. The molecule has 0 saturated carbocycles. The molecule has 8 nitrogen and oxygen atoms in total. The van der Waals surface area contributed by atoms with Crippen LogP contribution in [0.15, 0.2) is 15.5 Å². The van der Waals surface area contributed by atoms with Gasteiger partial charge in [0.2, 0.25) is 5.91 Å². The highest BCUT2D eigenvalue weighted by Crippen LogP contribution is 2.15. The Morgan fingerprint density at radius 3 is 2.58 bits per heavy atom. The second-order valence-corrected chi connectivity index (χ2v) is 6.02. The Balaban J connectivity index is 0.00000338. The number of aryl methyl sites for hydroxylation is 1. The summed E-state index contributed by atoms with van der Waals surface area (Å²) in [6, 6.07) is 1.94. The number of piperidine rings is 1. The highest BCUT2D eigenvalue weighted by atomic mass is 127. The van der Waals surface area contributed by atoms with Crippen LogP contribution in [0.4, 0.5) is 0 Å². The number of methoxy groups -OCH3 is 1. The first-order valence-corrected chi connectivity index (χ1v) is 8.35. The number of ether oxygens (including phenoxy) is 1. The van der Waals surface area contributed by atoms with Gasteiger partial charge in [-0.25, -0.2) is 4.79 Å². The minimum atomic E-state index is -0.410. The topological polar surface area (TPSA) is 96.2 Å². The number of rotatable bonds is 4. The molecule has 146 valence electrons. The molecule has 1 fully saturated rings. The molecule has 2 N–H and O–H groups in total. The number of likely N-dealkylation sites (tertiary alicyclic amines) is 1. The number of hydrogen-bond acceptors (Lipinski definition) is 5. The maximum Gasteiger partial charge on any atom is 0.341 e. The molecule has 2 heterocycles. The van der Waals surface area contributed by atoms with Crippen LogP contribution in [0.25, 0.3) is 0 Å². The Hall–Kier alpha value is -1.78. The van der Waals surface area contributed by atoms with Crippen molar-refractivity contribution in [2.24, 2.45) is 4.99 Å². The van der Waals surface area contributed by atoms with E-state index in [-0.39, 0.29) is 35.9 Å². The fraction of sp³-hybridized carbons (Fsp3) is 0.588. The van der Waals surface area contributed by atoms with E-state index in [0.717, 1.165) is 25.9 Å². The zero-order valence-corrected chi connectivity index (χ0v) is 18.0. The van der Waals surface area contributed by atoms with Crippen LogP contribution < -0.4 is 10.6 Å². The second kappa shape index (κ2) is 10.4. The summed E-state index contributed by atoms with van der Waals surface area (Å²) in [6.45, 7) is 5.24. The predicted octanol–water partition coefficient (Wildman–Crippen LogP) is 1.67. The van der Waals surface area contributed by atoms with Gasteiger partial charge in [-0.15, -0.1) is 24.0 Å². The minimum Gasteiger partial charge on any atom is -0.465 e. The standard InChI is InChI=1S/C17H26N4O4.HI/c1-11-15(16(23)24-4)9-14(25-11)10-19-17(18-3)20-13-5-7-21(8-6-13)12(2)22;/h9,13H,5-8,10H2,1-4H3,(H2,18,19,20);1H. The average Bonchev–Trinajstić information content (AvgIpc) is 2.99. The van der Waals surface area contributed by atoms with Gasteiger partial charge < -0.3 is 24.7 Å². The summed E-state index contributed by atoms with van der Waals surface area (Å²) in [7, 11) is 3.04. The molecule has 0 atom stereocenters. The fourth-order valence-corrected chi connectivity index (χ4v) is 2.84. The highest BCUT2D eigenvalue weighted by molar-refractivity contribution is 14.0. The van der Waals surface area contributed by atoms with Crippen LogP contribution in [0.3, 0.4) is 0 Å². The maximum atomic E-state index is 11.6. The van der Waals surface area contributed by atoms with E-state index >= 15 is 0 Å². The number of nitrogens with zero attached hydrogens (tertiary/aromatic N) is 2. The van der Waals surface area contributed by atoms with E-state index in [9.17, 15) is 9.59 Å². The number of furan rings is 1. The molecule has 1 saturated heterocycles. The molecule has 2 rings (SSSR count). The lowest BCUT2D eigenvalue weighted by Crippen LogP contribution is -2.49. The van der Waals surface area contributed by atoms with Crippen LogP contribution in [0.5, 0.6) is 0 Å². The predicted molar refractivity (Wildman–Crippen MR) is 109 cm³/mol. The average molecular weight is 478 g/mol. The van der Waals surface area contributed by atoms with Crippen molar-refractivity contribution < 1.29 is 18.7 Å². The summed E-state index contributed by atoms with van der Waals surface area (Å²) in [6.07, 6.45) is 1.76. The summed E-state index contributed by atoms with van der Waals surface area (Å²) in [5.41, 5.74) is 0.429. The fourth-order valence-electron chi connectivity index (χ4n) is 2.84. The summed E-state index contributed by atoms with van der Waals surface area (Å²) in [5.74, 6) is 1.54. The molecule has 26 heavy (non-hydrogen) atoms. The summed E-state index contributed by atoms with van der Waals surface area (Å²) in [4.78, 5) is 29.0. The van der Waals surface area contributed by atoms with E-state index in [4.69, 9.17) is 9.15 Å². The summed E-state index contributed by atoms with van der Waals surface area (Å²) in [5, 5.41) is 6.54. The van der Waals surface area contributed by atoms with Crippen LogP contribution in [0.1, 0.15) is 41.6 Å². The minimum absolute atomic E-state index is 0. The molecule has 0 unspecified atom stereocenters. The lowest BCUT2D eigenvalue weighted by atomic mass is 10.1. The van der Waals surface area contributed by atoms with E-state index < -0.39 is 5.97 Å². The van der Waals surface area contributed by atoms with Gasteiger partial charge >= 0.3 is 5.97 Å². The quantitative estimate of drug-likeness (QED) is 0.296. The van der Waals surface area contributed by atoms with Gasteiger partial charge in [0, 0.05) is 33.1 Å². The number of carbonyl (C=O) groups excluding carboxylic acids is 2. The molecule has 1 aliphatic heterocycles. The number of guanidine groups is 1. The van der Waals surface area contributed by atoms with Crippen molar-refractivity contribution in [3.05, 3.63) is 23.2 Å². The Morgan fingerprint density at radius 1 is 1.38 bits per heavy atom. The first-order chi connectivity index (χ1) is 11.9. The molecule has 9 heteroatoms. The van der Waals surface area contributed by atoms with Crippen molar-refractivity contribution in [1.82, 2.24) is 15.5 Å². The first-order valence-electron chi connectivity index (χ1n) is 8.35.